The number of amides is 1. The zero-order valence-corrected chi connectivity index (χ0v) is 13.0. The Morgan fingerprint density at radius 1 is 1.48 bits per heavy atom. The van der Waals surface area contributed by atoms with E-state index in [1.807, 2.05) is 20.9 Å². The first-order valence-electron chi connectivity index (χ1n) is 6.71. The highest BCUT2D eigenvalue weighted by Crippen LogP contribution is 2.21. The van der Waals surface area contributed by atoms with Gasteiger partial charge in [-0.1, -0.05) is 11.6 Å². The highest BCUT2D eigenvalue weighted by atomic mass is 35.5. The van der Waals surface area contributed by atoms with Crippen LogP contribution in [0.2, 0.25) is 5.02 Å². The molecule has 2 aromatic rings. The number of nitrogens with one attached hydrogen (secondary N) is 2. The van der Waals surface area contributed by atoms with Gasteiger partial charge >= 0.3 is 0 Å². The summed E-state index contributed by atoms with van der Waals surface area (Å²) in [5.41, 5.74) is 1.27. The van der Waals surface area contributed by atoms with Crippen molar-refractivity contribution in [3.8, 4) is 0 Å². The topological polar surface area (TPSA) is 71.8 Å². The van der Waals surface area contributed by atoms with Gasteiger partial charge in [-0.15, -0.1) is 10.2 Å². The summed E-state index contributed by atoms with van der Waals surface area (Å²) in [6, 6.07) is 4.95. The van der Waals surface area contributed by atoms with Crippen molar-refractivity contribution >= 4 is 23.2 Å². The van der Waals surface area contributed by atoms with E-state index in [4.69, 9.17) is 11.6 Å². The molecule has 1 heterocycles. The van der Waals surface area contributed by atoms with Crippen molar-refractivity contribution < 1.29 is 4.79 Å². The maximum Gasteiger partial charge on any atom is 0.254 e. The number of hydrogen-bond acceptors (Lipinski definition) is 4. The number of nitrogens with zero attached hydrogens (tertiary/aromatic N) is 3. The molecule has 0 fully saturated rings. The second kappa shape index (κ2) is 6.58. The zero-order valence-electron chi connectivity index (χ0n) is 12.2. The van der Waals surface area contributed by atoms with E-state index in [1.54, 1.807) is 29.1 Å². The normalized spacial score (nSPS) is 12.0. The van der Waals surface area contributed by atoms with Gasteiger partial charge in [0, 0.05) is 24.3 Å². The summed E-state index contributed by atoms with van der Waals surface area (Å²) < 4.78 is 1.77. The molecule has 0 spiro atoms. The van der Waals surface area contributed by atoms with Gasteiger partial charge in [-0.2, -0.15) is 0 Å². The Balaban J connectivity index is 2.20. The van der Waals surface area contributed by atoms with Crippen LogP contribution in [0.3, 0.4) is 0 Å². The van der Waals surface area contributed by atoms with Crippen molar-refractivity contribution in [3.63, 3.8) is 0 Å². The molecule has 0 saturated carbocycles. The quantitative estimate of drug-likeness (QED) is 0.889. The summed E-state index contributed by atoms with van der Waals surface area (Å²) in [7, 11) is 1.83. The molecule has 7 heteroatoms. The van der Waals surface area contributed by atoms with E-state index in [2.05, 4.69) is 20.8 Å². The molecule has 0 saturated heterocycles. The van der Waals surface area contributed by atoms with Gasteiger partial charge in [-0.05, 0) is 32.0 Å². The van der Waals surface area contributed by atoms with Gasteiger partial charge in [0.1, 0.15) is 6.33 Å². The molecule has 1 atom stereocenters. The fourth-order valence-corrected chi connectivity index (χ4v) is 2.24. The monoisotopic (exact) mass is 307 g/mol. The van der Waals surface area contributed by atoms with Gasteiger partial charge in [-0.3, -0.25) is 4.79 Å². The maximum absolute atomic E-state index is 12.4. The van der Waals surface area contributed by atoms with E-state index in [0.717, 1.165) is 12.2 Å². The first kappa shape index (κ1) is 15.3. The molecule has 0 aliphatic carbocycles. The number of rotatable bonds is 5. The van der Waals surface area contributed by atoms with Crippen molar-refractivity contribution in [2.24, 2.45) is 7.05 Å². The fraction of sp³-hybridized carbons (Fsp3) is 0.357. The third kappa shape index (κ3) is 3.52. The summed E-state index contributed by atoms with van der Waals surface area (Å²) in [4.78, 5) is 12.4. The minimum absolute atomic E-state index is 0.205. The number of benzene rings is 1. The van der Waals surface area contributed by atoms with Gasteiger partial charge < -0.3 is 15.2 Å². The molecule has 0 radical (unpaired) electrons. The number of anilines is 1. The lowest BCUT2D eigenvalue weighted by Gasteiger charge is -2.15. The van der Waals surface area contributed by atoms with Crippen LogP contribution in [0.15, 0.2) is 24.5 Å². The molecule has 2 N–H and O–H groups in total. The molecule has 6 nitrogen and oxygen atoms in total. The van der Waals surface area contributed by atoms with Crippen LogP contribution >= 0.6 is 11.6 Å². The molecule has 1 aromatic carbocycles. The minimum Gasteiger partial charge on any atom is -0.385 e. The van der Waals surface area contributed by atoms with Crippen LogP contribution in [-0.2, 0) is 7.05 Å². The molecule has 0 bridgehead atoms. The average Bonchev–Trinajstić information content (AvgIpc) is 2.87. The number of hydrogen-bond donors (Lipinski definition) is 2. The highest BCUT2D eigenvalue weighted by Gasteiger charge is 2.18. The summed E-state index contributed by atoms with van der Waals surface area (Å²) >= 11 is 5.99. The van der Waals surface area contributed by atoms with Crippen molar-refractivity contribution in [3.05, 3.63) is 40.9 Å². The van der Waals surface area contributed by atoms with Crippen LogP contribution in [0, 0.1) is 0 Å². The van der Waals surface area contributed by atoms with Gasteiger partial charge in [0.25, 0.3) is 5.91 Å². The van der Waals surface area contributed by atoms with Gasteiger partial charge in [0.2, 0.25) is 0 Å². The predicted octanol–water partition coefficient (Wildman–Crippen LogP) is 2.39. The molecule has 0 aliphatic heterocycles. The Kier molecular flexibility index (Phi) is 4.80. The van der Waals surface area contributed by atoms with Crippen LogP contribution in [-0.4, -0.2) is 27.2 Å². The second-order valence-corrected chi connectivity index (χ2v) is 5.15. The second-order valence-electron chi connectivity index (χ2n) is 4.72. The summed E-state index contributed by atoms with van der Waals surface area (Å²) in [5, 5.41) is 14.4. The lowest BCUT2D eigenvalue weighted by atomic mass is 10.1. The summed E-state index contributed by atoms with van der Waals surface area (Å²) in [5.74, 6) is 0.485. The first-order chi connectivity index (χ1) is 10.0. The Morgan fingerprint density at radius 2 is 2.24 bits per heavy atom. The lowest BCUT2D eigenvalue weighted by Crippen LogP contribution is -2.29. The number of carbonyl (C=O) groups is 1. The minimum atomic E-state index is -0.251. The molecule has 0 aliphatic rings. The van der Waals surface area contributed by atoms with E-state index < -0.39 is 0 Å². The Hall–Kier alpha value is -2.08. The molecular weight excluding hydrogens is 290 g/mol. The van der Waals surface area contributed by atoms with Crippen molar-refractivity contribution in [1.29, 1.82) is 0 Å². The molecule has 1 amide bonds. The first-order valence-corrected chi connectivity index (χ1v) is 7.09. The van der Waals surface area contributed by atoms with Crippen LogP contribution in [0.1, 0.15) is 36.1 Å². The molecule has 2 rings (SSSR count). The van der Waals surface area contributed by atoms with E-state index in [1.165, 1.54) is 0 Å². The van der Waals surface area contributed by atoms with Gasteiger partial charge in [0.05, 0.1) is 11.6 Å². The number of carbonyl (C=O) groups excluding carboxylic acids is 1. The molecule has 1 aromatic heterocycles. The molecule has 21 heavy (non-hydrogen) atoms. The fourth-order valence-electron chi connectivity index (χ4n) is 2.07. The van der Waals surface area contributed by atoms with E-state index >= 15 is 0 Å². The molecule has 112 valence electrons. The number of halogens is 1. The van der Waals surface area contributed by atoms with Crippen LogP contribution in [0.5, 0.6) is 0 Å². The van der Waals surface area contributed by atoms with Crippen molar-refractivity contribution in [2.75, 3.05) is 11.9 Å². The predicted molar refractivity (Wildman–Crippen MR) is 82.5 cm³/mol. The summed E-state index contributed by atoms with van der Waals surface area (Å²) in [6.45, 7) is 4.55. The third-order valence-electron chi connectivity index (χ3n) is 3.07. The number of aryl methyl sites for hydroxylation is 1. The average molecular weight is 308 g/mol. The maximum atomic E-state index is 12.4. The van der Waals surface area contributed by atoms with Crippen LogP contribution in [0.4, 0.5) is 5.69 Å². The third-order valence-corrected chi connectivity index (χ3v) is 3.31. The van der Waals surface area contributed by atoms with E-state index in [-0.39, 0.29) is 11.9 Å². The standard InChI is InChI=1S/C14H18ClN5O/c1-4-16-12-6-5-10(15)7-11(12)14(21)18-9(2)13-19-17-8-20(13)3/h5-9,16H,4H2,1-3H3,(H,18,21). The van der Waals surface area contributed by atoms with Gasteiger partial charge in [-0.25, -0.2) is 0 Å². The Bertz CT molecular complexity index is 640. The lowest BCUT2D eigenvalue weighted by molar-refractivity contribution is 0.0938. The Morgan fingerprint density at radius 3 is 2.86 bits per heavy atom. The summed E-state index contributed by atoms with van der Waals surface area (Å²) in [6.07, 6.45) is 1.60. The largest absolute Gasteiger partial charge is 0.385 e. The van der Waals surface area contributed by atoms with Crippen molar-refractivity contribution in [1.82, 2.24) is 20.1 Å². The van der Waals surface area contributed by atoms with Crippen LogP contribution in [0.25, 0.3) is 0 Å². The SMILES string of the molecule is CCNc1ccc(Cl)cc1C(=O)NC(C)c1nncn1C. The Labute approximate surface area is 128 Å². The van der Waals surface area contributed by atoms with Gasteiger partial charge in [0.15, 0.2) is 5.82 Å². The highest BCUT2D eigenvalue weighted by molar-refractivity contribution is 6.31. The van der Waals surface area contributed by atoms with Crippen molar-refractivity contribution in [2.45, 2.75) is 19.9 Å². The smallest absolute Gasteiger partial charge is 0.254 e. The van der Waals surface area contributed by atoms with Crippen LogP contribution < -0.4 is 10.6 Å². The zero-order chi connectivity index (χ0) is 15.4. The van der Waals surface area contributed by atoms with E-state index in [0.29, 0.717) is 16.4 Å². The van der Waals surface area contributed by atoms with E-state index in [9.17, 15) is 4.79 Å². The molecular formula is C14H18ClN5O. The number of aromatic nitrogens is 3. The molecule has 1 unspecified atom stereocenters.